The van der Waals surface area contributed by atoms with Gasteiger partial charge < -0.3 is 14.6 Å². The molecule has 0 saturated carbocycles. The Kier molecular flexibility index (Phi) is 4.52. The largest absolute Gasteiger partial charge is 0.480 e. The number of rotatable bonds is 6. The zero-order chi connectivity index (χ0) is 14.5. The molecule has 2 heterocycles. The van der Waals surface area contributed by atoms with Crippen LogP contribution in [0.2, 0.25) is 0 Å². The summed E-state index contributed by atoms with van der Waals surface area (Å²) in [7, 11) is 2.97. The van der Waals surface area contributed by atoms with Crippen LogP contribution in [0.5, 0.6) is 11.8 Å². The second kappa shape index (κ2) is 6.33. The van der Waals surface area contributed by atoms with E-state index in [1.807, 2.05) is 6.92 Å². The number of nitrogens with zero attached hydrogens (tertiary/aromatic N) is 4. The van der Waals surface area contributed by atoms with Crippen molar-refractivity contribution in [3.05, 3.63) is 29.8 Å². The number of aliphatic hydroxyl groups is 1. The average Bonchev–Trinajstić information content (AvgIpc) is 2.94. The van der Waals surface area contributed by atoms with Crippen LogP contribution in [0.4, 0.5) is 0 Å². The van der Waals surface area contributed by atoms with Crippen molar-refractivity contribution in [3.63, 3.8) is 0 Å². The molecule has 0 aromatic carbocycles. The minimum atomic E-state index is -0.947. The van der Waals surface area contributed by atoms with E-state index in [9.17, 15) is 5.11 Å². The molecule has 2 rings (SSSR count). The minimum Gasteiger partial charge on any atom is -0.480 e. The first-order chi connectivity index (χ1) is 9.71. The first-order valence-electron chi connectivity index (χ1n) is 6.36. The minimum absolute atomic E-state index is 0.237. The monoisotopic (exact) mass is 278 g/mol. The first kappa shape index (κ1) is 14.3. The van der Waals surface area contributed by atoms with Crippen molar-refractivity contribution in [2.24, 2.45) is 0 Å². The first-order valence-corrected chi connectivity index (χ1v) is 6.36. The molecule has 0 radical (unpaired) electrons. The van der Waals surface area contributed by atoms with Crippen LogP contribution in [0.3, 0.4) is 0 Å². The molecule has 0 amide bonds. The highest BCUT2D eigenvalue weighted by Crippen LogP contribution is 2.28. The summed E-state index contributed by atoms with van der Waals surface area (Å²) in [5.74, 6) is 0.570. The van der Waals surface area contributed by atoms with Gasteiger partial charge in [-0.1, -0.05) is 6.92 Å². The van der Waals surface area contributed by atoms with Gasteiger partial charge in [-0.05, 0) is 12.5 Å². The summed E-state index contributed by atoms with van der Waals surface area (Å²) in [5, 5.41) is 14.7. The van der Waals surface area contributed by atoms with Crippen LogP contribution in [0.1, 0.15) is 30.8 Å². The second-order valence-corrected chi connectivity index (χ2v) is 4.19. The number of aryl methyl sites for hydroxylation is 1. The molecule has 7 heteroatoms. The molecule has 7 nitrogen and oxygen atoms in total. The lowest BCUT2D eigenvalue weighted by Crippen LogP contribution is -2.13. The van der Waals surface area contributed by atoms with Gasteiger partial charge in [-0.25, -0.2) is 4.98 Å². The summed E-state index contributed by atoms with van der Waals surface area (Å²) in [5.41, 5.74) is 0.996. The van der Waals surface area contributed by atoms with Gasteiger partial charge in [0.1, 0.15) is 11.8 Å². The lowest BCUT2D eigenvalue weighted by atomic mass is 10.2. The van der Waals surface area contributed by atoms with E-state index in [0.717, 1.165) is 13.0 Å². The van der Waals surface area contributed by atoms with Gasteiger partial charge in [0.2, 0.25) is 11.8 Å². The van der Waals surface area contributed by atoms with Gasteiger partial charge in [0.15, 0.2) is 0 Å². The number of methoxy groups -OCH3 is 2. The molecule has 0 aliphatic carbocycles. The zero-order valence-electron chi connectivity index (χ0n) is 11.8. The summed E-state index contributed by atoms with van der Waals surface area (Å²) in [6, 6.07) is 1.76. The van der Waals surface area contributed by atoms with Crippen molar-refractivity contribution >= 4 is 0 Å². The topological polar surface area (TPSA) is 82.3 Å². The van der Waals surface area contributed by atoms with Gasteiger partial charge >= 0.3 is 0 Å². The fourth-order valence-corrected chi connectivity index (χ4v) is 1.92. The van der Waals surface area contributed by atoms with Gasteiger partial charge in [0, 0.05) is 12.7 Å². The van der Waals surface area contributed by atoms with Gasteiger partial charge in [-0.2, -0.15) is 10.1 Å². The molecule has 2 aromatic rings. The van der Waals surface area contributed by atoms with Crippen LogP contribution in [0.25, 0.3) is 0 Å². The van der Waals surface area contributed by atoms with E-state index in [4.69, 9.17) is 9.47 Å². The van der Waals surface area contributed by atoms with E-state index in [2.05, 4.69) is 15.1 Å². The predicted molar refractivity (Wildman–Crippen MR) is 71.7 cm³/mol. The van der Waals surface area contributed by atoms with Gasteiger partial charge in [-0.3, -0.25) is 4.68 Å². The Morgan fingerprint density at radius 3 is 2.80 bits per heavy atom. The average molecular weight is 278 g/mol. The molecule has 0 bridgehead atoms. The molecule has 108 valence electrons. The van der Waals surface area contributed by atoms with Crippen LogP contribution in [0.15, 0.2) is 18.5 Å². The van der Waals surface area contributed by atoms with E-state index in [1.54, 1.807) is 16.9 Å². The Morgan fingerprint density at radius 1 is 1.35 bits per heavy atom. The predicted octanol–water partition coefficient (Wildman–Crippen LogP) is 1.18. The zero-order valence-corrected chi connectivity index (χ0v) is 11.8. The number of hydrogen-bond acceptors (Lipinski definition) is 6. The highest BCUT2D eigenvalue weighted by molar-refractivity contribution is 5.29. The number of hydrogen-bond donors (Lipinski definition) is 1. The normalized spacial score (nSPS) is 12.2. The Bertz CT molecular complexity index is 570. The van der Waals surface area contributed by atoms with Gasteiger partial charge in [0.05, 0.1) is 26.1 Å². The molecule has 0 saturated heterocycles. The van der Waals surface area contributed by atoms with Crippen molar-refractivity contribution < 1.29 is 14.6 Å². The van der Waals surface area contributed by atoms with E-state index in [-0.39, 0.29) is 5.88 Å². The van der Waals surface area contributed by atoms with Crippen molar-refractivity contribution in [2.75, 3.05) is 14.2 Å². The number of ether oxygens (including phenoxy) is 2. The fraction of sp³-hybridized carbons (Fsp3) is 0.462. The molecule has 0 fully saturated rings. The van der Waals surface area contributed by atoms with Crippen LogP contribution in [0, 0.1) is 0 Å². The molecule has 20 heavy (non-hydrogen) atoms. The van der Waals surface area contributed by atoms with Crippen LogP contribution < -0.4 is 9.47 Å². The van der Waals surface area contributed by atoms with Crippen molar-refractivity contribution in [1.29, 1.82) is 0 Å². The standard InChI is InChI=1S/C13H18N4O3/c1-4-7-17-9(5-6-15-17)12(18)11-13(20-3)16-10(19-2)8-14-11/h5-6,8,12,18H,4,7H2,1-3H3. The molecule has 1 unspecified atom stereocenters. The Labute approximate surface area is 117 Å². The summed E-state index contributed by atoms with van der Waals surface area (Å²) in [4.78, 5) is 8.29. The smallest absolute Gasteiger partial charge is 0.241 e. The second-order valence-electron chi connectivity index (χ2n) is 4.19. The molecular weight excluding hydrogens is 260 g/mol. The Hall–Kier alpha value is -2.15. The van der Waals surface area contributed by atoms with Gasteiger partial charge in [0.25, 0.3) is 0 Å². The van der Waals surface area contributed by atoms with Crippen molar-refractivity contribution in [3.8, 4) is 11.8 Å². The molecule has 1 atom stereocenters. The van der Waals surface area contributed by atoms with Crippen LogP contribution in [-0.2, 0) is 6.54 Å². The maximum atomic E-state index is 10.5. The Balaban J connectivity index is 2.37. The van der Waals surface area contributed by atoms with Crippen molar-refractivity contribution in [1.82, 2.24) is 19.7 Å². The van der Waals surface area contributed by atoms with E-state index in [0.29, 0.717) is 17.3 Å². The van der Waals surface area contributed by atoms with Crippen molar-refractivity contribution in [2.45, 2.75) is 26.0 Å². The highest BCUT2D eigenvalue weighted by Gasteiger charge is 2.22. The molecule has 0 spiro atoms. The summed E-state index contributed by atoms with van der Waals surface area (Å²) < 4.78 is 11.9. The van der Waals surface area contributed by atoms with E-state index >= 15 is 0 Å². The highest BCUT2D eigenvalue weighted by atomic mass is 16.5. The maximum absolute atomic E-state index is 10.5. The van der Waals surface area contributed by atoms with Crippen LogP contribution >= 0.6 is 0 Å². The van der Waals surface area contributed by atoms with Gasteiger partial charge in [-0.15, -0.1) is 0 Å². The SMILES string of the molecule is CCCn1nccc1C(O)c1ncc(OC)nc1OC. The third-order valence-electron chi connectivity index (χ3n) is 2.87. The fourth-order valence-electron chi connectivity index (χ4n) is 1.92. The lowest BCUT2D eigenvalue weighted by molar-refractivity contribution is 0.195. The lowest BCUT2D eigenvalue weighted by Gasteiger charge is -2.15. The number of aromatic nitrogens is 4. The third kappa shape index (κ3) is 2.72. The summed E-state index contributed by atoms with van der Waals surface area (Å²) in [6.07, 6.45) is 3.07. The summed E-state index contributed by atoms with van der Waals surface area (Å²) >= 11 is 0. The maximum Gasteiger partial charge on any atom is 0.241 e. The Morgan fingerprint density at radius 2 is 2.15 bits per heavy atom. The molecular formula is C13H18N4O3. The molecule has 1 N–H and O–H groups in total. The quantitative estimate of drug-likeness (QED) is 0.854. The number of aliphatic hydroxyl groups excluding tert-OH is 1. The molecule has 2 aromatic heterocycles. The van der Waals surface area contributed by atoms with E-state index < -0.39 is 6.10 Å². The molecule has 0 aliphatic heterocycles. The summed E-state index contributed by atoms with van der Waals surface area (Å²) in [6.45, 7) is 2.77. The molecule has 0 aliphatic rings. The van der Waals surface area contributed by atoms with E-state index in [1.165, 1.54) is 20.4 Å². The third-order valence-corrected chi connectivity index (χ3v) is 2.87. The van der Waals surface area contributed by atoms with Crippen LogP contribution in [-0.4, -0.2) is 39.1 Å².